The van der Waals surface area contributed by atoms with E-state index in [1.165, 1.54) is 42.4 Å². The number of fused-ring (bicyclic) bond motifs is 6. The number of aryl methyl sites for hydroxylation is 2. The van der Waals surface area contributed by atoms with Gasteiger partial charge < -0.3 is 8.98 Å². The lowest BCUT2D eigenvalue weighted by Gasteiger charge is -2.66. The lowest BCUT2D eigenvalue weighted by Crippen LogP contribution is -2.71. The van der Waals surface area contributed by atoms with Gasteiger partial charge in [0.1, 0.15) is 11.5 Å². The predicted octanol–water partition coefficient (Wildman–Crippen LogP) is 4.95. The van der Waals surface area contributed by atoms with E-state index in [9.17, 15) is 0 Å². The van der Waals surface area contributed by atoms with Crippen LogP contribution in [0.3, 0.4) is 0 Å². The first-order valence-corrected chi connectivity index (χ1v) is 11.2. The molecule has 5 heterocycles. The maximum Gasteiger partial charge on any atom is 0.243 e. The van der Waals surface area contributed by atoms with Crippen molar-refractivity contribution in [1.29, 1.82) is 0 Å². The van der Waals surface area contributed by atoms with Gasteiger partial charge in [0.05, 0.1) is 16.7 Å². The van der Waals surface area contributed by atoms with Gasteiger partial charge in [-0.2, -0.15) is 0 Å². The lowest BCUT2D eigenvalue weighted by molar-refractivity contribution is -0.146. The van der Waals surface area contributed by atoms with E-state index in [4.69, 9.17) is 9.40 Å². The van der Waals surface area contributed by atoms with Gasteiger partial charge in [-0.3, -0.25) is 4.90 Å². The third-order valence-electron chi connectivity index (χ3n) is 9.20. The second-order valence-electron chi connectivity index (χ2n) is 9.92. The number of benzene rings is 1. The Kier molecular flexibility index (Phi) is 2.35. The van der Waals surface area contributed by atoms with Crippen LogP contribution in [-0.2, 0) is 5.54 Å². The smallest absolute Gasteiger partial charge is 0.243 e. The average molecular weight is 383 g/mol. The Morgan fingerprint density at radius 1 is 1.24 bits per heavy atom. The molecule has 0 amide bonds. The number of hydrogen-bond donors (Lipinski definition) is 0. The number of aromatic nitrogens is 2. The highest BCUT2D eigenvalue weighted by molar-refractivity contribution is 5.95. The van der Waals surface area contributed by atoms with E-state index in [0.29, 0.717) is 0 Å². The van der Waals surface area contributed by atoms with Crippen LogP contribution in [0.1, 0.15) is 60.7 Å². The second kappa shape index (κ2) is 4.39. The monoisotopic (exact) mass is 383 g/mol. The van der Waals surface area contributed by atoms with Gasteiger partial charge in [0, 0.05) is 34.4 Å². The Morgan fingerprint density at radius 2 is 2.10 bits per heavy atom. The Bertz CT molecular complexity index is 1280. The summed E-state index contributed by atoms with van der Waals surface area (Å²) in [5.41, 5.74) is 7.15. The zero-order chi connectivity index (χ0) is 19.3. The molecule has 0 bridgehead atoms. The molecule has 8 rings (SSSR count). The zero-order valence-electron chi connectivity index (χ0n) is 17.2. The molecule has 5 aliphatic rings. The van der Waals surface area contributed by atoms with Crippen LogP contribution >= 0.6 is 0 Å². The van der Waals surface area contributed by atoms with E-state index in [1.807, 2.05) is 6.92 Å². The summed E-state index contributed by atoms with van der Waals surface area (Å²) in [4.78, 5) is 7.76. The van der Waals surface area contributed by atoms with Gasteiger partial charge in [-0.05, 0) is 57.4 Å². The first-order chi connectivity index (χ1) is 14.1. The standard InChI is InChI=1S/C25H25N3O/c1-4-24-10-7-11-27-21-19-18-15-8-5-6-9-16(15)28(22(18)25(24,27)20(19)21)17(12-24)23-26-13(2)14(3)29-23/h5-6,8-9,12,19-21H,4,7,10-11H2,1-3H3/t19?,20?,21?,24-,25+/m0/s1. The summed E-state index contributed by atoms with van der Waals surface area (Å²) >= 11 is 0. The molecule has 2 aromatic heterocycles. The Morgan fingerprint density at radius 3 is 2.90 bits per heavy atom. The highest BCUT2D eigenvalue weighted by Gasteiger charge is 2.88. The molecule has 3 aliphatic heterocycles. The molecular formula is C25H25N3O. The van der Waals surface area contributed by atoms with Crippen molar-refractivity contribution >= 4 is 16.6 Å². The van der Waals surface area contributed by atoms with E-state index >= 15 is 0 Å². The van der Waals surface area contributed by atoms with Gasteiger partial charge >= 0.3 is 0 Å². The molecule has 29 heavy (non-hydrogen) atoms. The van der Waals surface area contributed by atoms with Crippen LogP contribution in [0, 0.1) is 25.2 Å². The summed E-state index contributed by atoms with van der Waals surface area (Å²) < 4.78 is 8.77. The maximum atomic E-state index is 6.22. The SMILES string of the molecule is CC[C@]12C=C(c3nc(C)c(C)o3)n3c4c(c5ccccc53)C3C5C3[C@@]41N5CCC2. The van der Waals surface area contributed by atoms with Crippen LogP contribution in [0.25, 0.3) is 16.6 Å². The summed E-state index contributed by atoms with van der Waals surface area (Å²) in [5, 5.41) is 1.46. The van der Waals surface area contributed by atoms with Crippen LogP contribution in [-0.4, -0.2) is 27.0 Å². The van der Waals surface area contributed by atoms with Crippen LogP contribution in [0.2, 0.25) is 0 Å². The van der Waals surface area contributed by atoms with Gasteiger partial charge in [0.2, 0.25) is 5.89 Å². The van der Waals surface area contributed by atoms with Crippen LogP contribution in [0.4, 0.5) is 0 Å². The summed E-state index contributed by atoms with van der Waals surface area (Å²) in [6, 6.07) is 9.82. The average Bonchev–Trinajstić information content (AvgIpc) is 2.95. The van der Waals surface area contributed by atoms with Gasteiger partial charge in [-0.25, -0.2) is 4.98 Å². The Labute approximate surface area is 170 Å². The molecular weight excluding hydrogens is 358 g/mol. The lowest BCUT2D eigenvalue weighted by atomic mass is 9.54. The molecule has 4 nitrogen and oxygen atoms in total. The molecule has 4 heteroatoms. The van der Waals surface area contributed by atoms with Crippen LogP contribution in [0.15, 0.2) is 34.8 Å². The minimum absolute atomic E-state index is 0.197. The summed E-state index contributed by atoms with van der Waals surface area (Å²) in [7, 11) is 0. The van der Waals surface area contributed by atoms with Crippen molar-refractivity contribution in [2.75, 3.05) is 6.54 Å². The number of hydrogen-bond acceptors (Lipinski definition) is 3. The van der Waals surface area contributed by atoms with Crippen molar-refractivity contribution in [3.63, 3.8) is 0 Å². The van der Waals surface area contributed by atoms with Crippen molar-refractivity contribution in [1.82, 2.24) is 14.5 Å². The highest BCUT2D eigenvalue weighted by atomic mass is 16.4. The van der Waals surface area contributed by atoms with E-state index in [2.05, 4.69) is 53.7 Å². The van der Waals surface area contributed by atoms with Gasteiger partial charge in [0.15, 0.2) is 0 Å². The number of oxazole rings is 1. The Hall–Kier alpha value is -2.33. The van der Waals surface area contributed by atoms with Crippen molar-refractivity contribution in [3.05, 3.63) is 58.9 Å². The minimum Gasteiger partial charge on any atom is -0.440 e. The molecule has 2 saturated heterocycles. The third-order valence-corrected chi connectivity index (χ3v) is 9.20. The molecule has 146 valence electrons. The fraction of sp³-hybridized carbons (Fsp3) is 0.480. The minimum atomic E-state index is 0.197. The van der Waals surface area contributed by atoms with Crippen LogP contribution in [0.5, 0.6) is 0 Å². The van der Waals surface area contributed by atoms with E-state index in [1.54, 1.807) is 11.3 Å². The van der Waals surface area contributed by atoms with Crippen molar-refractivity contribution < 1.29 is 4.42 Å². The normalized spacial score (nSPS) is 37.9. The second-order valence-corrected chi connectivity index (χ2v) is 9.92. The molecule has 0 radical (unpaired) electrons. The molecule has 3 fully saturated rings. The fourth-order valence-electron chi connectivity index (χ4n) is 8.14. The third kappa shape index (κ3) is 1.31. The molecule has 0 N–H and O–H groups in total. The number of nitrogens with zero attached hydrogens (tertiary/aromatic N) is 3. The Balaban J connectivity index is 1.54. The van der Waals surface area contributed by atoms with Crippen molar-refractivity contribution in [2.24, 2.45) is 11.3 Å². The quantitative estimate of drug-likeness (QED) is 0.628. The topological polar surface area (TPSA) is 34.2 Å². The van der Waals surface area contributed by atoms with Crippen molar-refractivity contribution in [3.8, 4) is 0 Å². The van der Waals surface area contributed by atoms with Gasteiger partial charge in [-0.1, -0.05) is 25.1 Å². The molecule has 2 aliphatic carbocycles. The largest absolute Gasteiger partial charge is 0.440 e. The first kappa shape index (κ1) is 15.5. The molecule has 1 spiro atoms. The molecule has 5 atom stereocenters. The van der Waals surface area contributed by atoms with Gasteiger partial charge in [0.25, 0.3) is 0 Å². The number of piperidine rings is 1. The molecule has 3 aromatic rings. The summed E-state index contributed by atoms with van der Waals surface area (Å²) in [6.07, 6.45) is 6.35. The number of rotatable bonds is 2. The van der Waals surface area contributed by atoms with E-state index in [0.717, 1.165) is 35.2 Å². The predicted molar refractivity (Wildman–Crippen MR) is 112 cm³/mol. The van der Waals surface area contributed by atoms with E-state index in [-0.39, 0.29) is 11.0 Å². The number of para-hydroxylation sites is 1. The van der Waals surface area contributed by atoms with Gasteiger partial charge in [-0.15, -0.1) is 0 Å². The fourth-order valence-corrected chi connectivity index (χ4v) is 8.14. The summed E-state index contributed by atoms with van der Waals surface area (Å²) in [5.74, 6) is 3.28. The summed E-state index contributed by atoms with van der Waals surface area (Å²) in [6.45, 7) is 7.74. The molecule has 1 saturated carbocycles. The van der Waals surface area contributed by atoms with Crippen molar-refractivity contribution in [2.45, 2.75) is 57.5 Å². The zero-order valence-corrected chi connectivity index (χ0v) is 17.2. The first-order valence-electron chi connectivity index (χ1n) is 11.2. The maximum absolute atomic E-state index is 6.22. The molecule has 1 aromatic carbocycles. The van der Waals surface area contributed by atoms with Crippen LogP contribution < -0.4 is 0 Å². The van der Waals surface area contributed by atoms with E-state index < -0.39 is 0 Å². The molecule has 3 unspecified atom stereocenters. The highest BCUT2D eigenvalue weighted by Crippen LogP contribution is 2.85.